The van der Waals surface area contributed by atoms with Crippen molar-refractivity contribution in [3.05, 3.63) is 23.8 Å². The number of benzene rings is 1. The summed E-state index contributed by atoms with van der Waals surface area (Å²) in [4.78, 5) is 11.4. The summed E-state index contributed by atoms with van der Waals surface area (Å²) in [6.45, 7) is 5.86. The van der Waals surface area contributed by atoms with Gasteiger partial charge in [-0.25, -0.2) is 0 Å². The van der Waals surface area contributed by atoms with Crippen LogP contribution in [0.2, 0.25) is 0 Å². The molecule has 0 saturated heterocycles. The smallest absolute Gasteiger partial charge is 0.161 e. The van der Waals surface area contributed by atoms with Gasteiger partial charge in [0.25, 0.3) is 0 Å². The van der Waals surface area contributed by atoms with Gasteiger partial charge in [-0.15, -0.1) is 0 Å². The average Bonchev–Trinajstić information content (AvgIpc) is 2.31. The summed E-state index contributed by atoms with van der Waals surface area (Å²) in [7, 11) is 0. The van der Waals surface area contributed by atoms with Crippen molar-refractivity contribution in [3.63, 3.8) is 0 Å². The van der Waals surface area contributed by atoms with Gasteiger partial charge in [-0.1, -0.05) is 6.92 Å². The average molecular weight is 266 g/mol. The fraction of sp³-hybridized carbons (Fsp3) is 0.500. The highest BCUT2D eigenvalue weighted by molar-refractivity contribution is 7.99. The number of hydrogen-bond donors (Lipinski definition) is 2. The molecule has 0 spiro atoms. The normalized spacial score (nSPS) is 12.2. The summed E-state index contributed by atoms with van der Waals surface area (Å²) >= 11 is 1.94. The molecule has 1 atom stereocenters. The molecule has 1 unspecified atom stereocenters. The highest BCUT2D eigenvalue weighted by Gasteiger charge is 2.07. The monoisotopic (exact) mass is 266 g/mol. The van der Waals surface area contributed by atoms with Crippen molar-refractivity contribution in [3.8, 4) is 0 Å². The Bertz CT molecular complexity index is 407. The number of hydrogen-bond acceptors (Lipinski definition) is 4. The first-order valence-corrected chi connectivity index (χ1v) is 7.44. The van der Waals surface area contributed by atoms with E-state index in [1.54, 1.807) is 6.07 Å². The molecule has 0 aliphatic carbocycles. The van der Waals surface area contributed by atoms with Crippen LogP contribution in [-0.4, -0.2) is 23.3 Å². The highest BCUT2D eigenvalue weighted by Crippen LogP contribution is 2.19. The zero-order valence-electron chi connectivity index (χ0n) is 11.3. The van der Waals surface area contributed by atoms with E-state index in [-0.39, 0.29) is 5.78 Å². The highest BCUT2D eigenvalue weighted by atomic mass is 32.2. The quantitative estimate of drug-likeness (QED) is 0.451. The fourth-order valence-electron chi connectivity index (χ4n) is 1.71. The number of rotatable bonds is 7. The van der Waals surface area contributed by atoms with Gasteiger partial charge in [0.2, 0.25) is 0 Å². The standard InChI is InChI=1S/C14H22N2OS/c1-4-18-8-7-10(2)16-12-5-6-14(15)13(9-12)11(3)17/h5-6,9-10,16H,4,7-8,15H2,1-3H3. The predicted molar refractivity (Wildman–Crippen MR) is 81.6 cm³/mol. The Morgan fingerprint density at radius 3 is 2.83 bits per heavy atom. The Morgan fingerprint density at radius 2 is 2.22 bits per heavy atom. The summed E-state index contributed by atoms with van der Waals surface area (Å²) in [6, 6.07) is 5.94. The number of nitrogens with one attached hydrogen (secondary N) is 1. The van der Waals surface area contributed by atoms with E-state index in [1.165, 1.54) is 6.92 Å². The van der Waals surface area contributed by atoms with Gasteiger partial charge in [0.15, 0.2) is 5.78 Å². The summed E-state index contributed by atoms with van der Waals surface area (Å²) in [6.07, 6.45) is 1.11. The van der Waals surface area contributed by atoms with Crippen molar-refractivity contribution in [2.75, 3.05) is 22.6 Å². The van der Waals surface area contributed by atoms with Gasteiger partial charge < -0.3 is 11.1 Å². The van der Waals surface area contributed by atoms with Gasteiger partial charge in [-0.3, -0.25) is 4.79 Å². The molecule has 1 aromatic rings. The Balaban J connectivity index is 2.62. The van der Waals surface area contributed by atoms with E-state index in [4.69, 9.17) is 5.73 Å². The van der Waals surface area contributed by atoms with Crippen LogP contribution in [0.4, 0.5) is 11.4 Å². The van der Waals surface area contributed by atoms with Crippen LogP contribution in [0.1, 0.15) is 37.6 Å². The third-order valence-electron chi connectivity index (χ3n) is 2.74. The van der Waals surface area contributed by atoms with Crippen molar-refractivity contribution in [2.45, 2.75) is 33.2 Å². The molecule has 0 aliphatic rings. The Kier molecular flexibility index (Phi) is 6.05. The number of ketones is 1. The van der Waals surface area contributed by atoms with Gasteiger partial charge in [0.05, 0.1) is 0 Å². The van der Waals surface area contributed by atoms with Crippen molar-refractivity contribution in [2.24, 2.45) is 0 Å². The van der Waals surface area contributed by atoms with Crippen molar-refractivity contribution in [1.82, 2.24) is 0 Å². The SMILES string of the molecule is CCSCCC(C)Nc1ccc(N)c(C(C)=O)c1. The lowest BCUT2D eigenvalue weighted by Crippen LogP contribution is -2.16. The topological polar surface area (TPSA) is 55.1 Å². The van der Waals surface area contributed by atoms with Gasteiger partial charge in [-0.05, 0) is 50.0 Å². The van der Waals surface area contributed by atoms with Gasteiger partial charge in [0, 0.05) is 23.0 Å². The molecule has 3 N–H and O–H groups in total. The lowest BCUT2D eigenvalue weighted by Gasteiger charge is -2.16. The second-order valence-corrected chi connectivity index (χ2v) is 5.78. The van der Waals surface area contributed by atoms with Crippen LogP contribution in [0.25, 0.3) is 0 Å². The number of Topliss-reactive ketones (excluding diaryl/α,β-unsaturated/α-hetero) is 1. The molecule has 0 heterocycles. The minimum atomic E-state index is 0.00495. The van der Waals surface area contributed by atoms with Crippen LogP contribution >= 0.6 is 11.8 Å². The maximum Gasteiger partial charge on any atom is 0.161 e. The Morgan fingerprint density at radius 1 is 1.50 bits per heavy atom. The van der Waals surface area contributed by atoms with Gasteiger partial charge >= 0.3 is 0 Å². The predicted octanol–water partition coefficient (Wildman–Crippen LogP) is 3.42. The molecular weight excluding hydrogens is 244 g/mol. The molecule has 18 heavy (non-hydrogen) atoms. The molecule has 0 fully saturated rings. The molecule has 0 aliphatic heterocycles. The van der Waals surface area contributed by atoms with Crippen LogP contribution in [0, 0.1) is 0 Å². The maximum absolute atomic E-state index is 11.4. The van der Waals surface area contributed by atoms with E-state index in [0.29, 0.717) is 17.3 Å². The largest absolute Gasteiger partial charge is 0.398 e. The minimum absolute atomic E-state index is 0.00495. The van der Waals surface area contributed by atoms with Crippen LogP contribution in [-0.2, 0) is 0 Å². The third kappa shape index (κ3) is 4.61. The van der Waals surface area contributed by atoms with E-state index in [2.05, 4.69) is 19.2 Å². The molecule has 1 aromatic carbocycles. The fourth-order valence-corrected chi connectivity index (χ4v) is 2.52. The molecule has 4 heteroatoms. The van der Waals surface area contributed by atoms with E-state index in [9.17, 15) is 4.79 Å². The number of nitrogen functional groups attached to an aromatic ring is 1. The zero-order chi connectivity index (χ0) is 13.5. The van der Waals surface area contributed by atoms with Crippen LogP contribution in [0.3, 0.4) is 0 Å². The molecule has 100 valence electrons. The van der Waals surface area contributed by atoms with Crippen LogP contribution < -0.4 is 11.1 Å². The van der Waals surface area contributed by atoms with Gasteiger partial charge in [0.1, 0.15) is 0 Å². The maximum atomic E-state index is 11.4. The summed E-state index contributed by atoms with van der Waals surface area (Å²) < 4.78 is 0. The summed E-state index contributed by atoms with van der Waals surface area (Å²) in [5.41, 5.74) is 7.87. The first-order chi connectivity index (χ1) is 8.54. The molecule has 0 saturated carbocycles. The van der Waals surface area contributed by atoms with E-state index in [0.717, 1.165) is 23.6 Å². The van der Waals surface area contributed by atoms with Crippen molar-refractivity contribution in [1.29, 1.82) is 0 Å². The summed E-state index contributed by atoms with van der Waals surface area (Å²) in [5, 5.41) is 3.40. The molecule has 3 nitrogen and oxygen atoms in total. The molecule has 1 rings (SSSR count). The van der Waals surface area contributed by atoms with E-state index >= 15 is 0 Å². The van der Waals surface area contributed by atoms with E-state index in [1.807, 2.05) is 23.9 Å². The second-order valence-electron chi connectivity index (χ2n) is 4.39. The number of anilines is 2. The van der Waals surface area contributed by atoms with Crippen LogP contribution in [0.15, 0.2) is 18.2 Å². The van der Waals surface area contributed by atoms with Gasteiger partial charge in [-0.2, -0.15) is 11.8 Å². The Hall–Kier alpha value is -1.16. The molecule has 0 radical (unpaired) electrons. The van der Waals surface area contributed by atoms with Crippen molar-refractivity contribution >= 4 is 28.9 Å². The summed E-state index contributed by atoms with van der Waals surface area (Å²) in [5.74, 6) is 2.31. The van der Waals surface area contributed by atoms with Crippen molar-refractivity contribution < 1.29 is 4.79 Å². The number of thioether (sulfide) groups is 1. The molecule has 0 amide bonds. The van der Waals surface area contributed by atoms with E-state index < -0.39 is 0 Å². The number of nitrogens with two attached hydrogens (primary N) is 1. The lowest BCUT2D eigenvalue weighted by atomic mass is 10.1. The molecular formula is C14H22N2OS. The zero-order valence-corrected chi connectivity index (χ0v) is 12.1. The first kappa shape index (κ1) is 14.9. The third-order valence-corrected chi connectivity index (χ3v) is 3.68. The minimum Gasteiger partial charge on any atom is -0.398 e. The number of carbonyl (C=O) groups excluding carboxylic acids is 1. The molecule has 0 bridgehead atoms. The lowest BCUT2D eigenvalue weighted by molar-refractivity contribution is 0.101. The van der Waals surface area contributed by atoms with Crippen LogP contribution in [0.5, 0.6) is 0 Å². The number of carbonyl (C=O) groups is 1. The second kappa shape index (κ2) is 7.31. The first-order valence-electron chi connectivity index (χ1n) is 6.29. The Labute approximate surface area is 114 Å². The molecule has 0 aromatic heterocycles.